The first-order chi connectivity index (χ1) is 6.75. The van der Waals surface area contributed by atoms with E-state index in [2.05, 4.69) is 0 Å². The van der Waals surface area contributed by atoms with Gasteiger partial charge < -0.3 is 9.47 Å². The maximum atomic E-state index is 11.5. The summed E-state index contributed by atoms with van der Waals surface area (Å²) in [5.74, 6) is -0.160. The summed E-state index contributed by atoms with van der Waals surface area (Å²) in [7, 11) is 0. The van der Waals surface area contributed by atoms with Crippen molar-refractivity contribution in [3.63, 3.8) is 0 Å². The average molecular weight is 194 g/mol. The van der Waals surface area contributed by atoms with E-state index < -0.39 is 0 Å². The Balaban J connectivity index is 1.88. The smallest absolute Gasteiger partial charge is 0.310 e. The topological polar surface area (TPSA) is 52.6 Å². The molecule has 3 saturated carbocycles. The van der Waals surface area contributed by atoms with Gasteiger partial charge in [0, 0.05) is 11.8 Å². The quantitative estimate of drug-likeness (QED) is 0.513. The molecule has 5 rings (SSSR count). The van der Waals surface area contributed by atoms with Crippen LogP contribution in [-0.4, -0.2) is 24.1 Å². The van der Waals surface area contributed by atoms with Crippen LogP contribution in [0.2, 0.25) is 0 Å². The minimum Gasteiger partial charge on any atom is -0.462 e. The molecule has 14 heavy (non-hydrogen) atoms. The van der Waals surface area contributed by atoms with E-state index in [0.717, 1.165) is 12.8 Å². The maximum absolute atomic E-state index is 11.5. The second-order valence-electron chi connectivity index (χ2n) is 4.80. The second kappa shape index (κ2) is 1.97. The van der Waals surface area contributed by atoms with Gasteiger partial charge in [-0.25, -0.2) is 0 Å². The van der Waals surface area contributed by atoms with E-state index in [4.69, 9.17) is 9.47 Å². The van der Waals surface area contributed by atoms with Crippen LogP contribution in [0, 0.1) is 23.7 Å². The first-order valence-corrected chi connectivity index (χ1v) is 5.16. The van der Waals surface area contributed by atoms with Gasteiger partial charge in [-0.15, -0.1) is 0 Å². The summed E-state index contributed by atoms with van der Waals surface area (Å²) in [6.45, 7) is 0. The number of carbonyl (C=O) groups excluding carboxylic acids is 2. The summed E-state index contributed by atoms with van der Waals surface area (Å²) in [5, 5.41) is 0. The van der Waals surface area contributed by atoms with E-state index in [0.29, 0.717) is 0 Å². The van der Waals surface area contributed by atoms with Gasteiger partial charge in [0.15, 0.2) is 0 Å². The van der Waals surface area contributed by atoms with Gasteiger partial charge in [0.05, 0.1) is 11.8 Å². The van der Waals surface area contributed by atoms with Crippen LogP contribution in [0.15, 0.2) is 0 Å². The fraction of sp³-hybridized carbons (Fsp3) is 0.800. The molecule has 0 spiro atoms. The summed E-state index contributed by atoms with van der Waals surface area (Å²) in [6.07, 6.45) is 1.85. The molecule has 0 aromatic rings. The molecular formula is C10H10O4. The fourth-order valence-electron chi connectivity index (χ4n) is 3.85. The largest absolute Gasteiger partial charge is 0.462 e. The Hall–Kier alpha value is -1.06. The number of esters is 2. The van der Waals surface area contributed by atoms with Crippen molar-refractivity contribution in [3.8, 4) is 0 Å². The summed E-state index contributed by atoms with van der Waals surface area (Å²) < 4.78 is 10.5. The standard InChI is InChI=1S/C10H10O4/c11-9-7-3-1-5-4(2-6(3)14-9)8(7)10(12)13-5/h3-8H,1-2H2/t3-,4+,5-,6+,7-,8-/m0/s1. The molecule has 0 unspecified atom stereocenters. The minimum absolute atomic E-state index is 0.0829. The van der Waals surface area contributed by atoms with Crippen LogP contribution >= 0.6 is 0 Å². The second-order valence-corrected chi connectivity index (χ2v) is 4.80. The van der Waals surface area contributed by atoms with Gasteiger partial charge in [-0.3, -0.25) is 9.59 Å². The predicted octanol–water partition coefficient (Wildman–Crippen LogP) is 0.109. The Kier molecular flexibility index (Phi) is 1.02. The number of hydrogen-bond acceptors (Lipinski definition) is 4. The molecule has 6 atom stereocenters. The lowest BCUT2D eigenvalue weighted by Gasteiger charge is -2.40. The summed E-state index contributed by atoms with van der Waals surface area (Å²) in [4.78, 5) is 23.1. The zero-order valence-electron chi connectivity index (χ0n) is 7.51. The molecular weight excluding hydrogens is 184 g/mol. The number of hydrogen-bond donors (Lipinski definition) is 0. The van der Waals surface area contributed by atoms with Crippen molar-refractivity contribution >= 4 is 11.9 Å². The molecule has 0 radical (unpaired) electrons. The number of ether oxygens (including phenoxy) is 2. The van der Waals surface area contributed by atoms with Crippen molar-refractivity contribution in [2.45, 2.75) is 25.0 Å². The molecule has 0 aromatic carbocycles. The molecule has 0 N–H and O–H groups in total. The van der Waals surface area contributed by atoms with Crippen LogP contribution in [-0.2, 0) is 19.1 Å². The Bertz CT molecular complexity index is 316. The first kappa shape index (κ1) is 7.26. The van der Waals surface area contributed by atoms with E-state index in [-0.39, 0.29) is 47.8 Å². The monoisotopic (exact) mass is 194 g/mol. The summed E-state index contributed by atoms with van der Waals surface area (Å²) in [6, 6.07) is 0. The normalized spacial score (nSPS) is 57.4. The Labute approximate surface area is 80.6 Å². The van der Waals surface area contributed by atoms with Gasteiger partial charge in [-0.2, -0.15) is 0 Å². The van der Waals surface area contributed by atoms with Crippen LogP contribution in [0.3, 0.4) is 0 Å². The zero-order valence-corrected chi connectivity index (χ0v) is 7.51. The lowest BCUT2D eigenvalue weighted by molar-refractivity contribution is -0.151. The van der Waals surface area contributed by atoms with E-state index in [9.17, 15) is 9.59 Å². The molecule has 0 amide bonds. The summed E-state index contributed by atoms with van der Waals surface area (Å²) >= 11 is 0. The SMILES string of the molecule is O=C1O[C@@H]2C[C@H]3[C@@H]4C(=O)O[C@H]3C[C@@H]2[C@H]14. The van der Waals surface area contributed by atoms with Gasteiger partial charge in [-0.05, 0) is 12.8 Å². The Morgan fingerprint density at radius 1 is 0.857 bits per heavy atom. The lowest BCUT2D eigenvalue weighted by Crippen LogP contribution is -2.47. The number of carbonyl (C=O) groups is 2. The summed E-state index contributed by atoms with van der Waals surface area (Å²) in [5.41, 5.74) is 0. The molecule has 2 saturated heterocycles. The maximum Gasteiger partial charge on any atom is 0.310 e. The van der Waals surface area contributed by atoms with E-state index in [1.165, 1.54) is 0 Å². The van der Waals surface area contributed by atoms with Crippen molar-refractivity contribution in [1.82, 2.24) is 0 Å². The van der Waals surface area contributed by atoms with Crippen molar-refractivity contribution in [2.75, 3.05) is 0 Å². The molecule has 3 aliphatic carbocycles. The molecule has 5 aliphatic rings. The zero-order chi connectivity index (χ0) is 9.45. The van der Waals surface area contributed by atoms with Gasteiger partial charge >= 0.3 is 11.9 Å². The molecule has 4 nitrogen and oxygen atoms in total. The predicted molar refractivity (Wildman–Crippen MR) is 43.0 cm³/mol. The highest BCUT2D eigenvalue weighted by Crippen LogP contribution is 2.58. The molecule has 5 fully saturated rings. The third-order valence-corrected chi connectivity index (χ3v) is 4.35. The molecule has 0 aromatic heterocycles. The van der Waals surface area contributed by atoms with Gasteiger partial charge in [0.1, 0.15) is 12.2 Å². The number of rotatable bonds is 0. The van der Waals surface area contributed by atoms with E-state index in [1.54, 1.807) is 0 Å². The Morgan fingerprint density at radius 3 is 1.71 bits per heavy atom. The molecule has 2 heterocycles. The van der Waals surface area contributed by atoms with Gasteiger partial charge in [-0.1, -0.05) is 0 Å². The molecule has 74 valence electrons. The average Bonchev–Trinajstić information content (AvgIpc) is 2.53. The van der Waals surface area contributed by atoms with Crippen molar-refractivity contribution < 1.29 is 19.1 Å². The van der Waals surface area contributed by atoms with E-state index in [1.807, 2.05) is 0 Å². The molecule has 2 aliphatic heterocycles. The molecule has 6 bridgehead atoms. The van der Waals surface area contributed by atoms with Crippen LogP contribution in [0.4, 0.5) is 0 Å². The van der Waals surface area contributed by atoms with Gasteiger partial charge in [0.25, 0.3) is 0 Å². The van der Waals surface area contributed by atoms with Crippen molar-refractivity contribution in [2.24, 2.45) is 23.7 Å². The highest BCUT2D eigenvalue weighted by atomic mass is 16.6. The van der Waals surface area contributed by atoms with Gasteiger partial charge in [0.2, 0.25) is 0 Å². The van der Waals surface area contributed by atoms with Crippen molar-refractivity contribution in [3.05, 3.63) is 0 Å². The highest BCUT2D eigenvalue weighted by Gasteiger charge is 2.67. The fourth-order valence-corrected chi connectivity index (χ4v) is 3.85. The third-order valence-electron chi connectivity index (χ3n) is 4.35. The third kappa shape index (κ3) is 0.586. The van der Waals surface area contributed by atoms with Crippen LogP contribution in [0.1, 0.15) is 12.8 Å². The van der Waals surface area contributed by atoms with Crippen molar-refractivity contribution in [1.29, 1.82) is 0 Å². The highest BCUT2D eigenvalue weighted by molar-refractivity contribution is 5.86. The molecule has 4 heteroatoms. The van der Waals surface area contributed by atoms with Crippen LogP contribution < -0.4 is 0 Å². The van der Waals surface area contributed by atoms with Crippen LogP contribution in [0.25, 0.3) is 0 Å². The lowest BCUT2D eigenvalue weighted by atomic mass is 9.59. The Morgan fingerprint density at radius 2 is 1.29 bits per heavy atom. The first-order valence-electron chi connectivity index (χ1n) is 5.16. The van der Waals surface area contributed by atoms with E-state index >= 15 is 0 Å². The van der Waals surface area contributed by atoms with Crippen LogP contribution in [0.5, 0.6) is 0 Å². The minimum atomic E-state index is -0.176.